The van der Waals surface area contributed by atoms with Crippen molar-refractivity contribution in [2.45, 2.75) is 54.0 Å². The second kappa shape index (κ2) is 10.4. The van der Waals surface area contributed by atoms with Crippen LogP contribution in [0.25, 0.3) is 0 Å². The second-order valence-electron chi connectivity index (χ2n) is 9.51. The van der Waals surface area contributed by atoms with Crippen LogP contribution in [0.5, 0.6) is 5.75 Å². The zero-order valence-electron chi connectivity index (χ0n) is 20.6. The van der Waals surface area contributed by atoms with Gasteiger partial charge >= 0.3 is 12.8 Å². The average Bonchev–Trinajstić information content (AvgIpc) is 2.82. The van der Waals surface area contributed by atoms with Crippen LogP contribution in [0, 0.1) is 5.92 Å². The van der Waals surface area contributed by atoms with Crippen LogP contribution >= 0.6 is 0 Å². The molecule has 0 aromatic heterocycles. The SMILES string of the molecule is CC(C)(C1CCN(C(=O)c2ccc(OC(F)F)cc2S(C)(=O)=O)CC1)S(=O)(=O)c1cccc(C(F)(F)F)c1. The molecule has 1 heterocycles. The number of rotatable bonds is 7. The van der Waals surface area contributed by atoms with Crippen molar-refractivity contribution in [1.29, 1.82) is 0 Å². The third-order valence-electron chi connectivity index (χ3n) is 6.74. The van der Waals surface area contributed by atoms with Crippen LogP contribution in [-0.2, 0) is 25.9 Å². The molecule has 1 saturated heterocycles. The lowest BCUT2D eigenvalue weighted by Crippen LogP contribution is -2.47. The van der Waals surface area contributed by atoms with Crippen molar-refractivity contribution < 1.29 is 48.3 Å². The summed E-state index contributed by atoms with van der Waals surface area (Å²) >= 11 is 0. The first-order valence-electron chi connectivity index (χ1n) is 11.4. The van der Waals surface area contributed by atoms with Crippen molar-refractivity contribution >= 4 is 25.6 Å². The van der Waals surface area contributed by atoms with E-state index >= 15 is 0 Å². The van der Waals surface area contributed by atoms with Crippen LogP contribution in [0.1, 0.15) is 42.6 Å². The van der Waals surface area contributed by atoms with Crippen LogP contribution in [0.3, 0.4) is 0 Å². The molecular weight excluding hydrogens is 557 g/mol. The number of benzene rings is 2. The maximum absolute atomic E-state index is 13.4. The summed E-state index contributed by atoms with van der Waals surface area (Å²) < 4.78 is 118. The van der Waals surface area contributed by atoms with Crippen molar-refractivity contribution in [2.24, 2.45) is 5.92 Å². The molecule has 0 spiro atoms. The molecule has 1 aliphatic rings. The molecule has 0 unspecified atom stereocenters. The zero-order valence-corrected chi connectivity index (χ0v) is 22.3. The van der Waals surface area contributed by atoms with Crippen molar-refractivity contribution in [2.75, 3.05) is 19.3 Å². The summed E-state index contributed by atoms with van der Waals surface area (Å²) in [5.41, 5.74) is -1.33. The lowest BCUT2D eigenvalue weighted by molar-refractivity contribution is -0.137. The van der Waals surface area contributed by atoms with E-state index in [1.165, 1.54) is 18.7 Å². The van der Waals surface area contributed by atoms with Crippen molar-refractivity contribution in [3.63, 3.8) is 0 Å². The van der Waals surface area contributed by atoms with Crippen LogP contribution in [-0.4, -0.2) is 58.3 Å². The highest BCUT2D eigenvalue weighted by atomic mass is 32.2. The number of sulfone groups is 2. The van der Waals surface area contributed by atoms with Gasteiger partial charge < -0.3 is 9.64 Å². The quantitative estimate of drug-likeness (QED) is 0.434. The minimum absolute atomic E-state index is 0.0452. The van der Waals surface area contributed by atoms with Gasteiger partial charge in [-0.25, -0.2) is 16.8 Å². The first-order valence-corrected chi connectivity index (χ1v) is 14.7. The maximum atomic E-state index is 13.4. The van der Waals surface area contributed by atoms with Gasteiger partial charge in [-0.1, -0.05) is 6.07 Å². The first-order chi connectivity index (χ1) is 17.4. The van der Waals surface area contributed by atoms with Crippen LogP contribution < -0.4 is 4.74 Å². The minimum Gasteiger partial charge on any atom is -0.435 e. The Hall–Kier alpha value is -2.74. The van der Waals surface area contributed by atoms with E-state index in [2.05, 4.69) is 4.74 Å². The largest absolute Gasteiger partial charge is 0.435 e. The molecule has 0 aliphatic carbocycles. The van der Waals surface area contributed by atoms with Crippen molar-refractivity contribution in [3.05, 3.63) is 53.6 Å². The van der Waals surface area contributed by atoms with E-state index in [-0.39, 0.29) is 31.5 Å². The number of amides is 1. The van der Waals surface area contributed by atoms with Crippen LogP contribution in [0.15, 0.2) is 52.3 Å². The standard InChI is InChI=1S/C24H26F5NO6S2/c1-23(2,38(34,35)18-6-4-5-16(13-18)24(27,28)29)15-9-11-30(12-10-15)21(31)19-8-7-17(36-22(25)26)14-20(19)37(3,32)33/h4-8,13-15,22H,9-12H2,1-3H3. The number of ether oxygens (including phenoxy) is 1. The highest BCUT2D eigenvalue weighted by Gasteiger charge is 2.45. The Morgan fingerprint density at radius 1 is 1.00 bits per heavy atom. The molecule has 0 N–H and O–H groups in total. The number of piperidine rings is 1. The summed E-state index contributed by atoms with van der Waals surface area (Å²) in [5.74, 6) is -1.65. The zero-order chi connectivity index (χ0) is 28.7. The molecule has 2 aromatic carbocycles. The number of nitrogens with zero attached hydrogens (tertiary/aromatic N) is 1. The third kappa shape index (κ3) is 6.11. The summed E-state index contributed by atoms with van der Waals surface area (Å²) in [5, 5.41) is 0. The van der Waals surface area contributed by atoms with Gasteiger partial charge in [0.2, 0.25) is 0 Å². The normalized spacial score (nSPS) is 16.1. The van der Waals surface area contributed by atoms with Gasteiger partial charge in [-0.05, 0) is 69.0 Å². The van der Waals surface area contributed by atoms with Gasteiger partial charge in [0, 0.05) is 19.3 Å². The van der Waals surface area contributed by atoms with E-state index in [9.17, 15) is 43.6 Å². The summed E-state index contributed by atoms with van der Waals surface area (Å²) in [7, 11) is -8.21. The van der Waals surface area contributed by atoms with E-state index in [0.717, 1.165) is 42.7 Å². The van der Waals surface area contributed by atoms with E-state index in [1.54, 1.807) is 0 Å². The number of hydrogen-bond donors (Lipinski definition) is 0. The molecule has 1 amide bonds. The number of alkyl halides is 5. The van der Waals surface area contributed by atoms with Gasteiger partial charge in [0.1, 0.15) is 5.75 Å². The van der Waals surface area contributed by atoms with Gasteiger partial charge in [0.25, 0.3) is 5.91 Å². The molecule has 1 fully saturated rings. The van der Waals surface area contributed by atoms with Gasteiger partial charge in [-0.3, -0.25) is 4.79 Å². The Morgan fingerprint density at radius 2 is 1.61 bits per heavy atom. The average molecular weight is 584 g/mol. The molecule has 0 atom stereocenters. The number of hydrogen-bond acceptors (Lipinski definition) is 6. The molecular formula is C24H26F5NO6S2. The Kier molecular flexibility index (Phi) is 8.19. The van der Waals surface area contributed by atoms with Crippen LogP contribution in [0.4, 0.5) is 22.0 Å². The Morgan fingerprint density at radius 3 is 2.13 bits per heavy atom. The fourth-order valence-corrected chi connectivity index (χ4v) is 7.18. The summed E-state index contributed by atoms with van der Waals surface area (Å²) in [6.07, 6.45) is -3.54. The van der Waals surface area contributed by atoms with Gasteiger partial charge in [0.05, 0.1) is 25.7 Å². The minimum atomic E-state index is -4.71. The number of halogens is 5. The molecule has 38 heavy (non-hydrogen) atoms. The van der Waals surface area contributed by atoms with E-state index in [1.807, 2.05) is 0 Å². The van der Waals surface area contributed by atoms with E-state index in [4.69, 9.17) is 0 Å². The second-order valence-corrected chi connectivity index (χ2v) is 14.0. The molecule has 210 valence electrons. The Labute approximate surface area is 217 Å². The molecule has 1 aliphatic heterocycles. The van der Waals surface area contributed by atoms with Gasteiger partial charge in [-0.2, -0.15) is 22.0 Å². The van der Waals surface area contributed by atoms with Gasteiger partial charge in [-0.15, -0.1) is 0 Å². The molecule has 0 saturated carbocycles. The van der Waals surface area contributed by atoms with E-state index < -0.39 is 70.1 Å². The fraction of sp³-hybridized carbons (Fsp3) is 0.458. The Balaban J connectivity index is 1.81. The predicted molar refractivity (Wildman–Crippen MR) is 128 cm³/mol. The maximum Gasteiger partial charge on any atom is 0.416 e. The lowest BCUT2D eigenvalue weighted by atomic mass is 9.85. The molecule has 3 rings (SSSR count). The lowest BCUT2D eigenvalue weighted by Gasteiger charge is -2.40. The van der Waals surface area contributed by atoms with Crippen molar-refractivity contribution in [3.8, 4) is 5.75 Å². The monoisotopic (exact) mass is 583 g/mol. The summed E-state index contributed by atoms with van der Waals surface area (Å²) in [6.45, 7) is -0.256. The molecule has 14 heteroatoms. The fourth-order valence-electron chi connectivity index (χ4n) is 4.47. The predicted octanol–water partition coefficient (Wildman–Crippen LogP) is 4.82. The number of likely N-dealkylation sites (tertiary alicyclic amines) is 1. The highest BCUT2D eigenvalue weighted by Crippen LogP contribution is 2.40. The molecule has 7 nitrogen and oxygen atoms in total. The molecule has 0 bridgehead atoms. The topological polar surface area (TPSA) is 97.8 Å². The smallest absolute Gasteiger partial charge is 0.416 e. The molecule has 2 aromatic rings. The highest BCUT2D eigenvalue weighted by molar-refractivity contribution is 7.92. The van der Waals surface area contributed by atoms with Crippen molar-refractivity contribution in [1.82, 2.24) is 4.90 Å². The summed E-state index contributed by atoms with van der Waals surface area (Å²) in [4.78, 5) is 13.5. The first kappa shape index (κ1) is 29.8. The summed E-state index contributed by atoms with van der Waals surface area (Å²) in [6, 6.07) is 6.49. The third-order valence-corrected chi connectivity index (χ3v) is 10.5. The number of carbonyl (C=O) groups excluding carboxylic acids is 1. The number of carbonyl (C=O) groups is 1. The van der Waals surface area contributed by atoms with Gasteiger partial charge in [0.15, 0.2) is 19.7 Å². The molecule has 0 radical (unpaired) electrons. The Bertz CT molecular complexity index is 1410. The van der Waals surface area contributed by atoms with E-state index in [0.29, 0.717) is 6.07 Å². The van der Waals surface area contributed by atoms with Crippen LogP contribution in [0.2, 0.25) is 0 Å².